The summed E-state index contributed by atoms with van der Waals surface area (Å²) in [7, 11) is -2.13. The lowest BCUT2D eigenvalue weighted by molar-refractivity contribution is -0.109. The summed E-state index contributed by atoms with van der Waals surface area (Å²) in [6, 6.07) is 9.62. The molecule has 1 aromatic rings. The Labute approximate surface area is 174 Å². The summed E-state index contributed by atoms with van der Waals surface area (Å²) in [4.78, 5) is 26.3. The van der Waals surface area contributed by atoms with Gasteiger partial charge in [-0.3, -0.25) is 9.69 Å². The first-order valence-electron chi connectivity index (χ1n) is 9.70. The first kappa shape index (κ1) is 23.0. The van der Waals surface area contributed by atoms with E-state index in [4.69, 9.17) is 9.16 Å². The number of rotatable bonds is 5. The SMILES string of the molecule is CC(=O)S[C@@H]1CN(C(=O)OCc2ccccc2)[C@@](C)(O[Si](C)(C)C(C)(C)C)C1. The highest BCUT2D eigenvalue weighted by Gasteiger charge is 2.52. The van der Waals surface area contributed by atoms with E-state index in [1.807, 2.05) is 37.3 Å². The molecule has 0 spiro atoms. The largest absolute Gasteiger partial charge is 0.444 e. The number of amides is 1. The lowest BCUT2D eigenvalue weighted by Gasteiger charge is -2.45. The standard InChI is InChI=1S/C21H33NO4SSi/c1-16(23)27-18-13-21(5,26-28(6,7)20(2,3)4)22(14-18)19(24)25-15-17-11-9-8-10-12-17/h8-12,18H,13-15H2,1-7H3/t18-,21-/m0/s1. The molecule has 0 radical (unpaired) electrons. The lowest BCUT2D eigenvalue weighted by Crippen LogP contribution is -2.55. The third-order valence-electron chi connectivity index (χ3n) is 5.60. The Hall–Kier alpha value is -1.31. The van der Waals surface area contributed by atoms with E-state index in [2.05, 4.69) is 33.9 Å². The minimum absolute atomic E-state index is 0.0107. The van der Waals surface area contributed by atoms with Gasteiger partial charge in [0, 0.05) is 25.1 Å². The molecule has 0 N–H and O–H groups in total. The van der Waals surface area contributed by atoms with Gasteiger partial charge in [-0.25, -0.2) is 4.79 Å². The molecule has 1 heterocycles. The molecule has 1 aliphatic rings. The summed E-state index contributed by atoms with van der Waals surface area (Å²) in [5.41, 5.74) is 0.167. The van der Waals surface area contributed by atoms with Crippen molar-refractivity contribution in [2.45, 2.75) is 76.8 Å². The van der Waals surface area contributed by atoms with Crippen LogP contribution in [0.2, 0.25) is 18.1 Å². The van der Waals surface area contributed by atoms with E-state index in [0.717, 1.165) is 5.56 Å². The third kappa shape index (κ3) is 5.61. The summed E-state index contributed by atoms with van der Waals surface area (Å²) in [6.45, 7) is 15.1. The number of likely N-dealkylation sites (tertiary alicyclic amines) is 1. The van der Waals surface area contributed by atoms with Crippen LogP contribution in [0.1, 0.15) is 46.6 Å². The number of hydrogen-bond acceptors (Lipinski definition) is 5. The van der Waals surface area contributed by atoms with Crippen molar-refractivity contribution < 1.29 is 18.8 Å². The van der Waals surface area contributed by atoms with Gasteiger partial charge < -0.3 is 9.16 Å². The van der Waals surface area contributed by atoms with E-state index >= 15 is 0 Å². The van der Waals surface area contributed by atoms with Crippen molar-refractivity contribution in [3.63, 3.8) is 0 Å². The minimum Gasteiger partial charge on any atom is -0.444 e. The van der Waals surface area contributed by atoms with Gasteiger partial charge in [-0.2, -0.15) is 0 Å². The molecule has 1 saturated heterocycles. The summed E-state index contributed by atoms with van der Waals surface area (Å²) < 4.78 is 12.3. The monoisotopic (exact) mass is 423 g/mol. The Morgan fingerprint density at radius 1 is 1.25 bits per heavy atom. The number of carbonyl (C=O) groups is 2. The summed E-state index contributed by atoms with van der Waals surface area (Å²) in [6.07, 6.45) is 0.223. The van der Waals surface area contributed by atoms with Crippen molar-refractivity contribution in [1.29, 1.82) is 0 Å². The Kier molecular flexibility index (Phi) is 7.05. The second kappa shape index (κ2) is 8.59. The van der Waals surface area contributed by atoms with Crippen molar-refractivity contribution in [2.24, 2.45) is 0 Å². The van der Waals surface area contributed by atoms with Crippen molar-refractivity contribution in [3.8, 4) is 0 Å². The smallest absolute Gasteiger partial charge is 0.412 e. The molecule has 0 saturated carbocycles. The maximum Gasteiger partial charge on any atom is 0.412 e. The van der Waals surface area contributed by atoms with E-state index in [1.54, 1.807) is 11.8 Å². The van der Waals surface area contributed by atoms with E-state index < -0.39 is 20.1 Å². The van der Waals surface area contributed by atoms with Crippen LogP contribution in [-0.4, -0.2) is 41.9 Å². The number of ether oxygens (including phenoxy) is 1. The zero-order chi connectivity index (χ0) is 21.2. The first-order chi connectivity index (χ1) is 12.8. The Bertz CT molecular complexity index is 704. The summed E-state index contributed by atoms with van der Waals surface area (Å²) >= 11 is 1.28. The predicted molar refractivity (Wildman–Crippen MR) is 117 cm³/mol. The molecule has 0 aromatic heterocycles. The number of carbonyl (C=O) groups excluding carboxylic acids is 2. The van der Waals surface area contributed by atoms with E-state index in [9.17, 15) is 9.59 Å². The van der Waals surface area contributed by atoms with Gasteiger partial charge in [0.2, 0.25) is 0 Å². The molecule has 0 unspecified atom stereocenters. The van der Waals surface area contributed by atoms with Gasteiger partial charge in [0.15, 0.2) is 13.4 Å². The molecule has 1 amide bonds. The molecule has 0 bridgehead atoms. The molecule has 156 valence electrons. The van der Waals surface area contributed by atoms with Gasteiger partial charge in [-0.05, 0) is 30.6 Å². The maximum absolute atomic E-state index is 12.9. The molecule has 1 aliphatic heterocycles. The van der Waals surface area contributed by atoms with Crippen molar-refractivity contribution in [2.75, 3.05) is 6.54 Å². The van der Waals surface area contributed by atoms with Crippen LogP contribution in [0.15, 0.2) is 30.3 Å². The fourth-order valence-corrected chi connectivity index (χ4v) is 5.86. The third-order valence-corrected chi connectivity index (χ3v) is 11.1. The van der Waals surface area contributed by atoms with Crippen LogP contribution in [0.3, 0.4) is 0 Å². The van der Waals surface area contributed by atoms with Gasteiger partial charge in [0.05, 0.1) is 0 Å². The topological polar surface area (TPSA) is 55.8 Å². The van der Waals surface area contributed by atoms with Crippen LogP contribution in [0.4, 0.5) is 4.79 Å². The molecule has 0 aliphatic carbocycles. The van der Waals surface area contributed by atoms with E-state index in [0.29, 0.717) is 13.0 Å². The van der Waals surface area contributed by atoms with Crippen LogP contribution >= 0.6 is 11.8 Å². The van der Waals surface area contributed by atoms with Gasteiger partial charge in [0.1, 0.15) is 12.3 Å². The molecule has 7 heteroatoms. The fourth-order valence-electron chi connectivity index (χ4n) is 3.17. The van der Waals surface area contributed by atoms with Crippen molar-refractivity contribution >= 4 is 31.3 Å². The number of hydrogen-bond donors (Lipinski definition) is 0. The average molecular weight is 424 g/mol. The summed E-state index contributed by atoms with van der Waals surface area (Å²) in [5.74, 6) is 0. The lowest BCUT2D eigenvalue weighted by atomic mass is 10.2. The molecule has 2 atom stereocenters. The Morgan fingerprint density at radius 2 is 1.86 bits per heavy atom. The van der Waals surface area contributed by atoms with Crippen LogP contribution in [-0.2, 0) is 20.6 Å². The van der Waals surface area contributed by atoms with Crippen LogP contribution in [0, 0.1) is 0 Å². The van der Waals surface area contributed by atoms with Crippen LogP contribution in [0.25, 0.3) is 0 Å². The Balaban J connectivity index is 2.18. The number of benzene rings is 1. The normalized spacial score (nSPS) is 23.0. The van der Waals surface area contributed by atoms with Crippen molar-refractivity contribution in [1.82, 2.24) is 4.90 Å². The zero-order valence-corrected chi connectivity index (χ0v) is 19.9. The van der Waals surface area contributed by atoms with Gasteiger partial charge in [-0.1, -0.05) is 62.9 Å². The second-order valence-electron chi connectivity index (χ2n) is 9.12. The average Bonchev–Trinajstić information content (AvgIpc) is 2.87. The van der Waals surface area contributed by atoms with Crippen LogP contribution < -0.4 is 0 Å². The van der Waals surface area contributed by atoms with Crippen LogP contribution in [0.5, 0.6) is 0 Å². The minimum atomic E-state index is -2.13. The second-order valence-corrected chi connectivity index (χ2v) is 15.3. The molecule has 1 fully saturated rings. The van der Waals surface area contributed by atoms with Crippen molar-refractivity contribution in [3.05, 3.63) is 35.9 Å². The highest BCUT2D eigenvalue weighted by molar-refractivity contribution is 8.14. The molecule has 28 heavy (non-hydrogen) atoms. The highest BCUT2D eigenvalue weighted by atomic mass is 32.2. The number of nitrogens with zero attached hydrogens (tertiary/aromatic N) is 1. The zero-order valence-electron chi connectivity index (χ0n) is 18.1. The number of thioether (sulfide) groups is 1. The fraction of sp³-hybridized carbons (Fsp3) is 0.619. The van der Waals surface area contributed by atoms with E-state index in [-0.39, 0.29) is 22.0 Å². The molecule has 2 rings (SSSR count). The molecular weight excluding hydrogens is 390 g/mol. The molecular formula is C21H33NO4SSi. The first-order valence-corrected chi connectivity index (χ1v) is 13.5. The predicted octanol–water partition coefficient (Wildman–Crippen LogP) is 5.42. The van der Waals surface area contributed by atoms with Gasteiger partial charge in [-0.15, -0.1) is 0 Å². The van der Waals surface area contributed by atoms with Gasteiger partial charge >= 0.3 is 6.09 Å². The summed E-state index contributed by atoms with van der Waals surface area (Å²) in [5, 5.41) is 0.0808. The molecule has 1 aromatic carbocycles. The molecule has 5 nitrogen and oxygen atoms in total. The van der Waals surface area contributed by atoms with Gasteiger partial charge in [0.25, 0.3) is 0 Å². The highest BCUT2D eigenvalue weighted by Crippen LogP contribution is 2.44. The van der Waals surface area contributed by atoms with E-state index in [1.165, 1.54) is 11.8 Å². The maximum atomic E-state index is 12.9. The quantitative estimate of drug-likeness (QED) is 0.592. The Morgan fingerprint density at radius 3 is 2.39 bits per heavy atom.